The summed E-state index contributed by atoms with van der Waals surface area (Å²) in [6.45, 7) is 0. The highest BCUT2D eigenvalue weighted by Crippen LogP contribution is 2.58. The van der Waals surface area contributed by atoms with Crippen molar-refractivity contribution in [3.05, 3.63) is 114 Å². The summed E-state index contributed by atoms with van der Waals surface area (Å²) >= 11 is 0. The van der Waals surface area contributed by atoms with E-state index in [1.54, 1.807) is 24.4 Å². The van der Waals surface area contributed by atoms with E-state index in [-0.39, 0.29) is 35.5 Å². The quantitative estimate of drug-likeness (QED) is 0.477. The van der Waals surface area contributed by atoms with Crippen LogP contribution in [0.25, 0.3) is 5.57 Å². The largest absolute Gasteiger partial charge is 0.274 e. The number of aromatic nitrogens is 1. The van der Waals surface area contributed by atoms with Crippen LogP contribution in [0.1, 0.15) is 11.1 Å². The van der Waals surface area contributed by atoms with Crippen molar-refractivity contribution < 1.29 is 9.59 Å². The zero-order valence-corrected chi connectivity index (χ0v) is 16.8. The first kappa shape index (κ1) is 18.0. The van der Waals surface area contributed by atoms with E-state index in [1.165, 1.54) is 10.5 Å². The van der Waals surface area contributed by atoms with Crippen molar-refractivity contribution in [3.8, 4) is 0 Å². The molecule has 4 heteroatoms. The van der Waals surface area contributed by atoms with Gasteiger partial charge in [0.2, 0.25) is 11.8 Å². The van der Waals surface area contributed by atoms with Crippen molar-refractivity contribution in [1.82, 2.24) is 4.98 Å². The fourth-order valence-corrected chi connectivity index (χ4v) is 5.52. The van der Waals surface area contributed by atoms with Crippen molar-refractivity contribution in [3.63, 3.8) is 0 Å². The summed E-state index contributed by atoms with van der Waals surface area (Å²) in [6.07, 6.45) is 5.87. The number of nitrogens with zero attached hydrogens (tertiary/aromatic N) is 2. The number of anilines is 1. The summed E-state index contributed by atoms with van der Waals surface area (Å²) < 4.78 is 0. The minimum Gasteiger partial charge on any atom is -0.274 e. The number of hydrogen-bond acceptors (Lipinski definition) is 3. The maximum absolute atomic E-state index is 13.4. The third-order valence-electron chi connectivity index (χ3n) is 6.71. The van der Waals surface area contributed by atoms with Gasteiger partial charge in [-0.05, 0) is 34.4 Å². The van der Waals surface area contributed by atoms with Crippen LogP contribution in [0.3, 0.4) is 0 Å². The normalized spacial score (nSPS) is 25.9. The number of carbonyl (C=O) groups is 2. The van der Waals surface area contributed by atoms with Gasteiger partial charge in [0.15, 0.2) is 0 Å². The second-order valence-corrected chi connectivity index (χ2v) is 8.25. The summed E-state index contributed by atoms with van der Waals surface area (Å²) in [5.41, 5.74) is 4.56. The highest BCUT2D eigenvalue weighted by Gasteiger charge is 2.62. The Morgan fingerprint density at radius 2 is 1.19 bits per heavy atom. The van der Waals surface area contributed by atoms with Gasteiger partial charge in [-0.15, -0.1) is 0 Å². The lowest BCUT2D eigenvalue weighted by Crippen LogP contribution is -2.33. The van der Waals surface area contributed by atoms with E-state index in [9.17, 15) is 9.59 Å². The number of amides is 2. The molecule has 3 aliphatic rings. The monoisotopic (exact) mass is 404 g/mol. The van der Waals surface area contributed by atoms with E-state index >= 15 is 0 Å². The summed E-state index contributed by atoms with van der Waals surface area (Å²) in [7, 11) is 0. The molecule has 4 nitrogen and oxygen atoms in total. The molecular weight excluding hydrogens is 384 g/mol. The third kappa shape index (κ3) is 2.58. The average Bonchev–Trinajstić information content (AvgIpc) is 3.45. The molecule has 31 heavy (non-hydrogen) atoms. The molecule has 6 rings (SSSR count). The molecule has 1 saturated carbocycles. The topological polar surface area (TPSA) is 50.3 Å². The second-order valence-electron chi connectivity index (χ2n) is 8.25. The van der Waals surface area contributed by atoms with Gasteiger partial charge in [0, 0.05) is 18.0 Å². The predicted molar refractivity (Wildman–Crippen MR) is 119 cm³/mol. The Labute approximate surface area is 180 Å². The first-order valence-electron chi connectivity index (χ1n) is 10.6. The third-order valence-corrected chi connectivity index (χ3v) is 6.71. The molecule has 2 heterocycles. The highest BCUT2D eigenvalue weighted by molar-refractivity contribution is 6.23. The van der Waals surface area contributed by atoms with Crippen molar-refractivity contribution >= 4 is 23.2 Å². The zero-order valence-electron chi connectivity index (χ0n) is 16.8. The molecule has 1 aliphatic heterocycles. The van der Waals surface area contributed by atoms with Crippen LogP contribution in [0.4, 0.5) is 5.82 Å². The van der Waals surface area contributed by atoms with Gasteiger partial charge in [-0.1, -0.05) is 78.9 Å². The van der Waals surface area contributed by atoms with Gasteiger partial charge >= 0.3 is 0 Å². The summed E-state index contributed by atoms with van der Waals surface area (Å²) in [5.74, 6) is -0.717. The minimum atomic E-state index is -0.359. The smallest absolute Gasteiger partial charge is 0.239 e. The Hall–Kier alpha value is -3.79. The Morgan fingerprint density at radius 1 is 0.677 bits per heavy atom. The van der Waals surface area contributed by atoms with Crippen LogP contribution in [0, 0.1) is 23.7 Å². The highest BCUT2D eigenvalue weighted by atomic mass is 16.2. The Balaban J connectivity index is 1.50. The molecule has 2 fully saturated rings. The maximum Gasteiger partial charge on any atom is 0.239 e. The Bertz CT molecular complexity index is 1160. The van der Waals surface area contributed by atoms with E-state index in [0.29, 0.717) is 5.82 Å². The van der Waals surface area contributed by atoms with Crippen molar-refractivity contribution in [1.29, 1.82) is 0 Å². The first-order valence-corrected chi connectivity index (χ1v) is 10.6. The number of benzene rings is 2. The van der Waals surface area contributed by atoms with Gasteiger partial charge in [0.05, 0.1) is 11.8 Å². The summed E-state index contributed by atoms with van der Waals surface area (Å²) in [5, 5.41) is 0. The van der Waals surface area contributed by atoms with Gasteiger partial charge in [0.25, 0.3) is 0 Å². The van der Waals surface area contributed by atoms with Crippen LogP contribution >= 0.6 is 0 Å². The van der Waals surface area contributed by atoms with E-state index in [2.05, 4.69) is 41.4 Å². The molecule has 3 aromatic rings. The predicted octanol–water partition coefficient (Wildman–Crippen LogP) is 4.51. The van der Waals surface area contributed by atoms with E-state index in [4.69, 9.17) is 0 Å². The lowest BCUT2D eigenvalue weighted by Gasteiger charge is -2.21. The van der Waals surface area contributed by atoms with Gasteiger partial charge in [-0.25, -0.2) is 9.88 Å². The molecule has 1 aromatic heterocycles. The van der Waals surface area contributed by atoms with Crippen LogP contribution in [0.15, 0.2) is 103 Å². The van der Waals surface area contributed by atoms with Gasteiger partial charge < -0.3 is 0 Å². The number of imide groups is 1. The number of carbonyl (C=O) groups excluding carboxylic acids is 2. The lowest BCUT2D eigenvalue weighted by atomic mass is 9.85. The fraction of sp³-hybridized carbons (Fsp3) is 0.148. The van der Waals surface area contributed by atoms with E-state index < -0.39 is 0 Å². The maximum atomic E-state index is 13.4. The SMILES string of the molecule is O=C1[C@@H]2[C@@H](C(=O)N1c1ccccn1)[C@H]1C=C[C@@H]2C1=C(c1ccccc1)c1ccccc1. The average molecular weight is 404 g/mol. The molecule has 4 atom stereocenters. The van der Waals surface area contributed by atoms with Crippen molar-refractivity contribution in [2.24, 2.45) is 23.7 Å². The molecule has 2 aromatic carbocycles. The molecule has 0 spiro atoms. The molecule has 2 aliphatic carbocycles. The molecule has 0 radical (unpaired) electrons. The van der Waals surface area contributed by atoms with Crippen molar-refractivity contribution in [2.75, 3.05) is 4.90 Å². The number of fused-ring (bicyclic) bond motifs is 5. The van der Waals surface area contributed by atoms with Gasteiger partial charge in [-0.2, -0.15) is 0 Å². The summed E-state index contributed by atoms with van der Waals surface area (Å²) in [4.78, 5) is 32.4. The molecule has 1 saturated heterocycles. The minimum absolute atomic E-state index is 0.0735. The Kier molecular flexibility index (Phi) is 4.00. The van der Waals surface area contributed by atoms with Gasteiger partial charge in [-0.3, -0.25) is 9.59 Å². The molecule has 150 valence electrons. The molecule has 2 bridgehead atoms. The number of allylic oxidation sites excluding steroid dienone is 3. The van der Waals surface area contributed by atoms with Crippen LogP contribution in [-0.4, -0.2) is 16.8 Å². The molecule has 0 unspecified atom stereocenters. The fourth-order valence-electron chi connectivity index (χ4n) is 5.52. The number of rotatable bonds is 3. The van der Waals surface area contributed by atoms with Crippen molar-refractivity contribution in [2.45, 2.75) is 0 Å². The number of hydrogen-bond donors (Lipinski definition) is 0. The number of pyridine rings is 1. The summed E-state index contributed by atoms with van der Waals surface area (Å²) in [6, 6.07) is 25.9. The molecule has 0 N–H and O–H groups in total. The standard InChI is InChI=1S/C27H20N2O2/c30-26-24-19-14-15-20(25(24)27(31)29(26)21-13-7-8-16-28-21)23(19)22(17-9-3-1-4-10-17)18-11-5-2-6-12-18/h1-16,19-20,24-25H/t19-,20+,24-,25-/m0/s1. The van der Waals surface area contributed by atoms with E-state index in [1.807, 2.05) is 36.4 Å². The van der Waals surface area contributed by atoms with Crippen LogP contribution in [-0.2, 0) is 9.59 Å². The van der Waals surface area contributed by atoms with E-state index in [0.717, 1.165) is 16.7 Å². The van der Waals surface area contributed by atoms with Gasteiger partial charge in [0.1, 0.15) is 5.82 Å². The van der Waals surface area contributed by atoms with Crippen LogP contribution in [0.5, 0.6) is 0 Å². The lowest BCUT2D eigenvalue weighted by molar-refractivity contribution is -0.123. The van der Waals surface area contributed by atoms with Crippen LogP contribution < -0.4 is 4.90 Å². The first-order chi connectivity index (χ1) is 15.3. The molecule has 2 amide bonds. The Morgan fingerprint density at radius 3 is 1.68 bits per heavy atom. The molecular formula is C27H20N2O2. The van der Waals surface area contributed by atoms with Crippen LogP contribution in [0.2, 0.25) is 0 Å². The second kappa shape index (κ2) is 6.88. The zero-order chi connectivity index (χ0) is 20.9.